The molecule has 0 bridgehead atoms. The molecule has 0 spiro atoms. The summed E-state index contributed by atoms with van der Waals surface area (Å²) in [6.45, 7) is 1.06. The first-order valence-corrected chi connectivity index (χ1v) is 6.73. The van der Waals surface area contributed by atoms with Gasteiger partial charge in [-0.15, -0.1) is 0 Å². The Kier molecular flexibility index (Phi) is 7.46. The zero-order valence-electron chi connectivity index (χ0n) is 10.5. The SMILES string of the molecule is COCC(CCO)NCC(O)c1cccc(Br)c1. The van der Waals surface area contributed by atoms with Gasteiger partial charge in [0, 0.05) is 30.8 Å². The quantitative estimate of drug-likeness (QED) is 0.679. The van der Waals surface area contributed by atoms with Crippen molar-refractivity contribution in [3.05, 3.63) is 34.3 Å². The molecule has 0 heterocycles. The molecule has 2 unspecified atom stereocenters. The lowest BCUT2D eigenvalue weighted by Gasteiger charge is -2.19. The van der Waals surface area contributed by atoms with E-state index in [1.54, 1.807) is 7.11 Å². The molecule has 0 aromatic heterocycles. The van der Waals surface area contributed by atoms with Gasteiger partial charge in [0.05, 0.1) is 12.7 Å². The number of aliphatic hydroxyl groups is 2. The Hall–Kier alpha value is -0.460. The number of ether oxygens (including phenoxy) is 1. The van der Waals surface area contributed by atoms with Crippen LogP contribution in [-0.2, 0) is 4.74 Å². The third kappa shape index (κ3) is 5.46. The maximum Gasteiger partial charge on any atom is 0.0914 e. The van der Waals surface area contributed by atoms with Crippen molar-refractivity contribution in [1.82, 2.24) is 5.32 Å². The van der Waals surface area contributed by atoms with E-state index in [0.29, 0.717) is 19.6 Å². The minimum atomic E-state index is -0.569. The van der Waals surface area contributed by atoms with E-state index in [-0.39, 0.29) is 12.6 Å². The lowest BCUT2D eigenvalue weighted by Crippen LogP contribution is -2.36. The summed E-state index contributed by atoms with van der Waals surface area (Å²) >= 11 is 3.38. The molecular weight excluding hydrogens is 298 g/mol. The van der Waals surface area contributed by atoms with Gasteiger partial charge in [-0.1, -0.05) is 28.1 Å². The highest BCUT2D eigenvalue weighted by molar-refractivity contribution is 9.10. The van der Waals surface area contributed by atoms with Gasteiger partial charge < -0.3 is 20.3 Å². The molecule has 1 aromatic rings. The fourth-order valence-corrected chi connectivity index (χ4v) is 2.13. The monoisotopic (exact) mass is 317 g/mol. The predicted molar refractivity (Wildman–Crippen MR) is 74.5 cm³/mol. The van der Waals surface area contributed by atoms with Gasteiger partial charge in [-0.3, -0.25) is 0 Å². The van der Waals surface area contributed by atoms with Crippen LogP contribution in [0.15, 0.2) is 28.7 Å². The van der Waals surface area contributed by atoms with E-state index in [9.17, 15) is 5.11 Å². The van der Waals surface area contributed by atoms with E-state index in [0.717, 1.165) is 10.0 Å². The zero-order valence-corrected chi connectivity index (χ0v) is 12.1. The van der Waals surface area contributed by atoms with Crippen molar-refractivity contribution in [3.8, 4) is 0 Å². The average Bonchev–Trinajstić information content (AvgIpc) is 2.36. The Morgan fingerprint density at radius 1 is 1.44 bits per heavy atom. The molecule has 0 amide bonds. The van der Waals surface area contributed by atoms with Gasteiger partial charge in [-0.25, -0.2) is 0 Å². The second-order valence-electron chi connectivity index (χ2n) is 4.14. The Labute approximate surface area is 116 Å². The Morgan fingerprint density at radius 2 is 2.22 bits per heavy atom. The van der Waals surface area contributed by atoms with Crippen LogP contribution < -0.4 is 5.32 Å². The number of aliphatic hydroxyl groups excluding tert-OH is 2. The molecule has 0 saturated carbocycles. The molecule has 18 heavy (non-hydrogen) atoms. The fourth-order valence-electron chi connectivity index (χ4n) is 1.71. The molecular formula is C13H20BrNO3. The normalized spacial score (nSPS) is 14.4. The van der Waals surface area contributed by atoms with Crippen LogP contribution in [0.1, 0.15) is 18.1 Å². The summed E-state index contributed by atoms with van der Waals surface area (Å²) in [4.78, 5) is 0. The first kappa shape index (κ1) is 15.6. The Morgan fingerprint density at radius 3 is 2.83 bits per heavy atom. The van der Waals surface area contributed by atoms with Crippen LogP contribution in [0, 0.1) is 0 Å². The van der Waals surface area contributed by atoms with Gasteiger partial charge in [0.25, 0.3) is 0 Å². The van der Waals surface area contributed by atoms with Crippen LogP contribution in [0.3, 0.4) is 0 Å². The van der Waals surface area contributed by atoms with Crippen molar-refractivity contribution in [2.24, 2.45) is 0 Å². The summed E-state index contributed by atoms with van der Waals surface area (Å²) in [6.07, 6.45) is 0.0412. The molecule has 0 saturated heterocycles. The van der Waals surface area contributed by atoms with E-state index in [1.165, 1.54) is 0 Å². The number of nitrogens with one attached hydrogen (secondary N) is 1. The highest BCUT2D eigenvalue weighted by Crippen LogP contribution is 2.17. The number of methoxy groups -OCH3 is 1. The third-order valence-electron chi connectivity index (χ3n) is 2.68. The van der Waals surface area contributed by atoms with Crippen molar-refractivity contribution >= 4 is 15.9 Å². The topological polar surface area (TPSA) is 61.7 Å². The first-order valence-electron chi connectivity index (χ1n) is 5.94. The van der Waals surface area contributed by atoms with E-state index < -0.39 is 6.10 Å². The molecule has 3 N–H and O–H groups in total. The van der Waals surface area contributed by atoms with Crippen LogP contribution in [0.2, 0.25) is 0 Å². The van der Waals surface area contributed by atoms with Crippen LogP contribution in [0.5, 0.6) is 0 Å². The van der Waals surface area contributed by atoms with Crippen molar-refractivity contribution in [2.75, 3.05) is 26.9 Å². The van der Waals surface area contributed by atoms with Crippen molar-refractivity contribution in [2.45, 2.75) is 18.6 Å². The molecule has 1 rings (SSSR count). The maximum atomic E-state index is 10.0. The standard InChI is InChI=1S/C13H20BrNO3/c1-18-9-12(5-6-16)15-8-13(17)10-3-2-4-11(14)7-10/h2-4,7,12-13,15-17H,5-6,8-9H2,1H3. The van der Waals surface area contributed by atoms with Gasteiger partial charge in [0.1, 0.15) is 0 Å². The highest BCUT2D eigenvalue weighted by atomic mass is 79.9. The summed E-state index contributed by atoms with van der Waals surface area (Å²) in [5.41, 5.74) is 0.858. The lowest BCUT2D eigenvalue weighted by molar-refractivity contribution is 0.127. The van der Waals surface area contributed by atoms with Crippen LogP contribution in [0.4, 0.5) is 0 Å². The molecule has 2 atom stereocenters. The molecule has 102 valence electrons. The molecule has 5 heteroatoms. The summed E-state index contributed by atoms with van der Waals surface area (Å²) in [5.74, 6) is 0. The van der Waals surface area contributed by atoms with Gasteiger partial charge in [-0.05, 0) is 24.1 Å². The second-order valence-corrected chi connectivity index (χ2v) is 5.06. The van der Waals surface area contributed by atoms with E-state index in [2.05, 4.69) is 21.2 Å². The molecule has 0 fully saturated rings. The highest BCUT2D eigenvalue weighted by Gasteiger charge is 2.12. The molecule has 0 aliphatic rings. The minimum absolute atomic E-state index is 0.0572. The third-order valence-corrected chi connectivity index (χ3v) is 3.17. The molecule has 4 nitrogen and oxygen atoms in total. The van der Waals surface area contributed by atoms with Gasteiger partial charge in [-0.2, -0.15) is 0 Å². The fraction of sp³-hybridized carbons (Fsp3) is 0.538. The second kappa shape index (κ2) is 8.61. The molecule has 0 aliphatic heterocycles. The minimum Gasteiger partial charge on any atom is -0.396 e. The average molecular weight is 318 g/mol. The number of hydrogen-bond acceptors (Lipinski definition) is 4. The summed E-state index contributed by atoms with van der Waals surface area (Å²) in [7, 11) is 1.62. The molecule has 0 radical (unpaired) electrons. The number of hydrogen-bond donors (Lipinski definition) is 3. The van der Waals surface area contributed by atoms with Crippen LogP contribution in [-0.4, -0.2) is 43.1 Å². The van der Waals surface area contributed by atoms with Crippen molar-refractivity contribution in [3.63, 3.8) is 0 Å². The van der Waals surface area contributed by atoms with Gasteiger partial charge >= 0.3 is 0 Å². The van der Waals surface area contributed by atoms with E-state index >= 15 is 0 Å². The van der Waals surface area contributed by atoms with Crippen molar-refractivity contribution < 1.29 is 14.9 Å². The summed E-state index contributed by atoms with van der Waals surface area (Å²) in [5, 5.41) is 22.2. The lowest BCUT2D eigenvalue weighted by atomic mass is 10.1. The summed E-state index contributed by atoms with van der Waals surface area (Å²) in [6, 6.07) is 7.64. The maximum absolute atomic E-state index is 10.0. The van der Waals surface area contributed by atoms with Gasteiger partial charge in [0.15, 0.2) is 0 Å². The Balaban J connectivity index is 2.46. The van der Waals surface area contributed by atoms with E-state index in [1.807, 2.05) is 24.3 Å². The number of benzene rings is 1. The zero-order chi connectivity index (χ0) is 13.4. The predicted octanol–water partition coefficient (Wildman–Crippen LogP) is 1.47. The number of rotatable bonds is 8. The smallest absolute Gasteiger partial charge is 0.0914 e. The molecule has 1 aromatic carbocycles. The molecule has 0 aliphatic carbocycles. The van der Waals surface area contributed by atoms with E-state index in [4.69, 9.17) is 9.84 Å². The summed E-state index contributed by atoms with van der Waals surface area (Å²) < 4.78 is 6.00. The first-order chi connectivity index (χ1) is 8.67. The number of halogens is 1. The van der Waals surface area contributed by atoms with Crippen LogP contribution in [0.25, 0.3) is 0 Å². The van der Waals surface area contributed by atoms with Crippen LogP contribution >= 0.6 is 15.9 Å². The Bertz CT molecular complexity index is 343. The largest absolute Gasteiger partial charge is 0.396 e. The van der Waals surface area contributed by atoms with Gasteiger partial charge in [0.2, 0.25) is 0 Å². The van der Waals surface area contributed by atoms with Crippen molar-refractivity contribution in [1.29, 1.82) is 0 Å².